The van der Waals surface area contributed by atoms with E-state index in [0.29, 0.717) is 22.6 Å². The highest BCUT2D eigenvalue weighted by atomic mass is 16.6. The number of fused-ring (bicyclic) bond motifs is 6. The van der Waals surface area contributed by atoms with E-state index in [1.807, 2.05) is 18.2 Å². The van der Waals surface area contributed by atoms with E-state index in [0.717, 1.165) is 86.5 Å². The number of hydrogen-bond donors (Lipinski definition) is 2. The summed E-state index contributed by atoms with van der Waals surface area (Å²) in [5.41, 5.74) is 3.55. The minimum Gasteiger partial charge on any atom is -0.508 e. The van der Waals surface area contributed by atoms with Gasteiger partial charge in [-0.3, -0.25) is 0 Å². The summed E-state index contributed by atoms with van der Waals surface area (Å²) in [5, 5.41) is 21.5. The van der Waals surface area contributed by atoms with Crippen molar-refractivity contribution in [3.63, 3.8) is 0 Å². The maximum Gasteiger partial charge on any atom is 0.340 e. The van der Waals surface area contributed by atoms with Crippen molar-refractivity contribution < 1.29 is 24.5 Å². The summed E-state index contributed by atoms with van der Waals surface area (Å²) >= 11 is 0. The molecule has 5 nitrogen and oxygen atoms in total. The van der Waals surface area contributed by atoms with Gasteiger partial charge < -0.3 is 19.7 Å². The Kier molecular flexibility index (Phi) is 7.14. The molecule has 5 rings (SSSR count). The third-order valence-electron chi connectivity index (χ3n) is 7.74. The first kappa shape index (κ1) is 25.2. The Labute approximate surface area is 219 Å². The molecule has 2 N–H and O–H groups in total. The standard InChI is InChI=1S/C32H36O5/c1-3-5-7-9-13-22-23(14-10-8-6-4-2)30-29(20-27(22)34)36-28-19-21(33)17-18-26(28)32(30)25-16-12-11-15-24(25)31(35)37-32/h11-12,15-20,33-34H,3-10,13-14H2,1-2H3. The van der Waals surface area contributed by atoms with E-state index < -0.39 is 5.60 Å². The van der Waals surface area contributed by atoms with Gasteiger partial charge in [-0.05, 0) is 55.0 Å². The van der Waals surface area contributed by atoms with E-state index in [1.54, 1.807) is 30.3 Å². The Morgan fingerprint density at radius 3 is 2.19 bits per heavy atom. The van der Waals surface area contributed by atoms with Gasteiger partial charge in [0.15, 0.2) is 5.60 Å². The van der Waals surface area contributed by atoms with Gasteiger partial charge in [0.25, 0.3) is 0 Å². The van der Waals surface area contributed by atoms with Crippen molar-refractivity contribution in [1.29, 1.82) is 0 Å². The molecule has 0 amide bonds. The Hall–Kier alpha value is -3.47. The smallest absolute Gasteiger partial charge is 0.340 e. The normalized spacial score (nSPS) is 17.2. The van der Waals surface area contributed by atoms with Crippen molar-refractivity contribution in [3.05, 3.63) is 81.9 Å². The van der Waals surface area contributed by atoms with Crippen LogP contribution < -0.4 is 4.74 Å². The van der Waals surface area contributed by atoms with Crippen LogP contribution in [-0.2, 0) is 23.2 Å². The van der Waals surface area contributed by atoms with Crippen LogP contribution in [-0.4, -0.2) is 16.2 Å². The zero-order chi connectivity index (χ0) is 26.0. The minimum atomic E-state index is -1.20. The van der Waals surface area contributed by atoms with E-state index in [9.17, 15) is 15.0 Å². The van der Waals surface area contributed by atoms with E-state index in [1.165, 1.54) is 0 Å². The highest BCUT2D eigenvalue weighted by Crippen LogP contribution is 2.59. The zero-order valence-electron chi connectivity index (χ0n) is 21.8. The average Bonchev–Trinajstić information content (AvgIpc) is 3.17. The fraction of sp³-hybridized carbons (Fsp3) is 0.406. The van der Waals surface area contributed by atoms with Gasteiger partial charge in [0.1, 0.15) is 23.0 Å². The van der Waals surface area contributed by atoms with Crippen LogP contribution in [0.3, 0.4) is 0 Å². The first-order chi connectivity index (χ1) is 18.0. The number of benzene rings is 3. The number of phenolic OH excluding ortho intramolecular Hbond substituents is 2. The van der Waals surface area contributed by atoms with Crippen molar-refractivity contribution in [2.75, 3.05) is 0 Å². The van der Waals surface area contributed by atoms with Crippen LogP contribution in [0.1, 0.15) is 103 Å². The minimum absolute atomic E-state index is 0.0616. The number of unbranched alkanes of at least 4 members (excludes halogenated alkanes) is 6. The third kappa shape index (κ3) is 4.35. The Balaban J connectivity index is 1.75. The molecule has 37 heavy (non-hydrogen) atoms. The first-order valence-electron chi connectivity index (χ1n) is 13.7. The van der Waals surface area contributed by atoms with Crippen LogP contribution in [0.2, 0.25) is 0 Å². The second kappa shape index (κ2) is 10.5. The SMILES string of the molecule is CCCCCCc1c(O)cc2c(c1CCCCCC)C1(OC(=O)c3ccccc31)c1ccc(O)cc1O2. The van der Waals surface area contributed by atoms with E-state index in [-0.39, 0.29) is 17.5 Å². The predicted octanol–water partition coefficient (Wildman–Crippen LogP) is 7.91. The molecule has 2 heterocycles. The number of phenols is 2. The molecule has 194 valence electrons. The fourth-order valence-electron chi connectivity index (χ4n) is 5.96. The number of aromatic hydroxyl groups is 2. The van der Waals surface area contributed by atoms with Crippen LogP contribution >= 0.6 is 0 Å². The lowest BCUT2D eigenvalue weighted by molar-refractivity contribution is 0.0221. The molecule has 0 aliphatic carbocycles. The second-order valence-electron chi connectivity index (χ2n) is 10.2. The highest BCUT2D eigenvalue weighted by molar-refractivity contribution is 5.97. The average molecular weight is 501 g/mol. The van der Waals surface area contributed by atoms with Gasteiger partial charge in [0.05, 0.1) is 11.1 Å². The molecule has 1 unspecified atom stereocenters. The van der Waals surface area contributed by atoms with E-state index >= 15 is 0 Å². The third-order valence-corrected chi connectivity index (χ3v) is 7.74. The predicted molar refractivity (Wildman–Crippen MR) is 144 cm³/mol. The molecule has 1 atom stereocenters. The molecule has 1 spiro atoms. The summed E-state index contributed by atoms with van der Waals surface area (Å²) in [4.78, 5) is 13.3. The van der Waals surface area contributed by atoms with E-state index in [4.69, 9.17) is 9.47 Å². The zero-order valence-corrected chi connectivity index (χ0v) is 21.8. The Morgan fingerprint density at radius 2 is 1.46 bits per heavy atom. The topological polar surface area (TPSA) is 76.0 Å². The van der Waals surface area contributed by atoms with Crippen molar-refractivity contribution in [3.8, 4) is 23.0 Å². The summed E-state index contributed by atoms with van der Waals surface area (Å²) < 4.78 is 12.7. The lowest BCUT2D eigenvalue weighted by Crippen LogP contribution is -2.34. The first-order valence-corrected chi connectivity index (χ1v) is 13.7. The number of hydrogen-bond acceptors (Lipinski definition) is 5. The number of esters is 1. The molecule has 3 aromatic rings. The second-order valence-corrected chi connectivity index (χ2v) is 10.2. The van der Waals surface area contributed by atoms with Crippen molar-refractivity contribution in [1.82, 2.24) is 0 Å². The van der Waals surface area contributed by atoms with Crippen LogP contribution in [0.25, 0.3) is 0 Å². The maximum absolute atomic E-state index is 13.3. The maximum atomic E-state index is 13.3. The summed E-state index contributed by atoms with van der Waals surface area (Å²) in [6, 6.07) is 14.1. The van der Waals surface area contributed by atoms with Gasteiger partial charge in [-0.25, -0.2) is 4.79 Å². The van der Waals surface area contributed by atoms with Crippen LogP contribution in [0.4, 0.5) is 0 Å². The van der Waals surface area contributed by atoms with Crippen LogP contribution in [0, 0.1) is 0 Å². The number of carbonyl (C=O) groups is 1. The molecule has 0 fully saturated rings. The van der Waals surface area contributed by atoms with Gasteiger partial charge in [-0.2, -0.15) is 0 Å². The van der Waals surface area contributed by atoms with E-state index in [2.05, 4.69) is 13.8 Å². The lowest BCUT2D eigenvalue weighted by Gasteiger charge is -2.39. The molecular weight excluding hydrogens is 464 g/mol. The molecule has 2 aliphatic rings. The van der Waals surface area contributed by atoms with Crippen molar-refractivity contribution in [2.45, 2.75) is 83.7 Å². The monoisotopic (exact) mass is 500 g/mol. The quantitative estimate of drug-likeness (QED) is 0.218. The van der Waals surface area contributed by atoms with Gasteiger partial charge >= 0.3 is 5.97 Å². The van der Waals surface area contributed by atoms with Crippen LogP contribution in [0.5, 0.6) is 23.0 Å². The molecule has 2 aliphatic heterocycles. The van der Waals surface area contributed by atoms with Gasteiger partial charge in [0, 0.05) is 23.3 Å². The molecule has 3 aromatic carbocycles. The molecule has 0 aromatic heterocycles. The summed E-state index contributed by atoms with van der Waals surface area (Å²) in [6.07, 6.45) is 10.3. The molecule has 0 saturated heterocycles. The summed E-state index contributed by atoms with van der Waals surface area (Å²) in [7, 11) is 0. The van der Waals surface area contributed by atoms with Gasteiger partial charge in [-0.1, -0.05) is 70.6 Å². The Bertz CT molecular complexity index is 1310. The highest BCUT2D eigenvalue weighted by Gasteiger charge is 2.55. The molecular formula is C32H36O5. The summed E-state index contributed by atoms with van der Waals surface area (Å²) in [6.45, 7) is 4.39. The number of ether oxygens (including phenoxy) is 2. The molecule has 0 radical (unpaired) electrons. The van der Waals surface area contributed by atoms with Crippen LogP contribution in [0.15, 0.2) is 48.5 Å². The Morgan fingerprint density at radius 1 is 0.757 bits per heavy atom. The lowest BCUT2D eigenvalue weighted by atomic mass is 9.73. The van der Waals surface area contributed by atoms with Gasteiger partial charge in [-0.15, -0.1) is 0 Å². The van der Waals surface area contributed by atoms with Crippen molar-refractivity contribution >= 4 is 5.97 Å². The molecule has 0 bridgehead atoms. The fourth-order valence-corrected chi connectivity index (χ4v) is 5.96. The summed E-state index contributed by atoms with van der Waals surface area (Å²) in [5.74, 6) is 0.799. The number of rotatable bonds is 10. The van der Waals surface area contributed by atoms with Gasteiger partial charge in [0.2, 0.25) is 0 Å². The molecule has 0 saturated carbocycles. The van der Waals surface area contributed by atoms with Crippen molar-refractivity contribution in [2.24, 2.45) is 0 Å². The largest absolute Gasteiger partial charge is 0.508 e. The molecule has 5 heteroatoms. The number of carbonyl (C=O) groups excluding carboxylic acids is 1.